The molecule has 1 aliphatic rings. The van der Waals surface area contributed by atoms with Crippen LogP contribution in [-0.2, 0) is 16.0 Å². The maximum Gasteiger partial charge on any atom is 0.335 e. The van der Waals surface area contributed by atoms with Crippen LogP contribution in [0.4, 0.5) is 10.5 Å². The molecule has 1 saturated heterocycles. The van der Waals surface area contributed by atoms with Gasteiger partial charge in [0.1, 0.15) is 11.3 Å². The van der Waals surface area contributed by atoms with Gasteiger partial charge >= 0.3 is 6.03 Å². The van der Waals surface area contributed by atoms with Crippen LogP contribution in [0.1, 0.15) is 29.2 Å². The van der Waals surface area contributed by atoms with Crippen LogP contribution in [0.5, 0.6) is 5.75 Å². The molecule has 1 heterocycles. The number of amides is 4. The van der Waals surface area contributed by atoms with Crippen molar-refractivity contribution in [2.24, 2.45) is 0 Å². The van der Waals surface area contributed by atoms with Crippen molar-refractivity contribution in [3.8, 4) is 5.75 Å². The minimum atomic E-state index is -0.785. The maximum absolute atomic E-state index is 13.2. The van der Waals surface area contributed by atoms with Crippen molar-refractivity contribution in [2.45, 2.75) is 20.3 Å². The van der Waals surface area contributed by atoms with Crippen LogP contribution in [0, 0.1) is 6.92 Å². The van der Waals surface area contributed by atoms with Gasteiger partial charge in [-0.25, -0.2) is 9.69 Å². The van der Waals surface area contributed by atoms with E-state index in [0.29, 0.717) is 35.1 Å². The topological polar surface area (TPSA) is 75.7 Å². The number of anilines is 1. The third kappa shape index (κ3) is 5.31. The Kier molecular flexibility index (Phi) is 7.38. The van der Waals surface area contributed by atoms with Gasteiger partial charge in [-0.05, 0) is 61.4 Å². The zero-order chi connectivity index (χ0) is 25.1. The number of carbonyl (C=O) groups is 3. The molecule has 0 aromatic heterocycles. The van der Waals surface area contributed by atoms with E-state index >= 15 is 0 Å². The number of halogens is 2. The van der Waals surface area contributed by atoms with Crippen LogP contribution >= 0.6 is 27.5 Å². The monoisotopic (exact) mass is 552 g/mol. The van der Waals surface area contributed by atoms with Crippen molar-refractivity contribution in [3.05, 3.63) is 98.0 Å². The lowest BCUT2D eigenvalue weighted by atomic mass is 10.0. The number of nitrogens with one attached hydrogen (secondary N) is 1. The van der Waals surface area contributed by atoms with Crippen molar-refractivity contribution in [1.29, 1.82) is 0 Å². The van der Waals surface area contributed by atoms with E-state index in [9.17, 15) is 14.4 Å². The molecule has 0 radical (unpaired) electrons. The van der Waals surface area contributed by atoms with E-state index in [4.69, 9.17) is 16.3 Å². The average Bonchev–Trinajstić information content (AvgIpc) is 2.81. The Morgan fingerprint density at radius 3 is 2.46 bits per heavy atom. The second-order valence-electron chi connectivity index (χ2n) is 7.97. The average molecular weight is 554 g/mol. The first-order valence-corrected chi connectivity index (χ1v) is 12.1. The Bertz CT molecular complexity index is 1350. The number of nitrogens with zero attached hydrogens (tertiary/aromatic N) is 1. The molecular formula is C27H22BrClN2O4. The fraction of sp³-hybridized carbons (Fsp3) is 0.148. The predicted molar refractivity (Wildman–Crippen MR) is 140 cm³/mol. The Morgan fingerprint density at radius 2 is 1.77 bits per heavy atom. The number of carbonyl (C=O) groups excluding carboxylic acids is 3. The number of imide groups is 2. The molecule has 35 heavy (non-hydrogen) atoms. The van der Waals surface area contributed by atoms with Crippen molar-refractivity contribution in [1.82, 2.24) is 5.32 Å². The summed E-state index contributed by atoms with van der Waals surface area (Å²) in [6.45, 7) is 4.21. The molecule has 0 unspecified atom stereocenters. The van der Waals surface area contributed by atoms with Crippen LogP contribution in [0.2, 0.25) is 5.02 Å². The first-order chi connectivity index (χ1) is 16.8. The first-order valence-electron chi connectivity index (χ1n) is 10.9. The normalized spacial score (nSPS) is 14.9. The smallest absolute Gasteiger partial charge is 0.335 e. The zero-order valence-corrected chi connectivity index (χ0v) is 21.4. The van der Waals surface area contributed by atoms with Gasteiger partial charge in [0.15, 0.2) is 0 Å². The van der Waals surface area contributed by atoms with Gasteiger partial charge in [0, 0.05) is 21.5 Å². The van der Waals surface area contributed by atoms with Gasteiger partial charge in [-0.2, -0.15) is 0 Å². The summed E-state index contributed by atoms with van der Waals surface area (Å²) < 4.78 is 6.62. The molecule has 0 spiro atoms. The molecule has 0 atom stereocenters. The minimum Gasteiger partial charge on any atom is -0.494 e. The maximum atomic E-state index is 13.2. The number of hydrogen-bond donors (Lipinski definition) is 1. The number of hydrogen-bond acceptors (Lipinski definition) is 4. The van der Waals surface area contributed by atoms with Crippen LogP contribution in [-0.4, -0.2) is 24.5 Å². The lowest BCUT2D eigenvalue weighted by molar-refractivity contribution is -0.122. The molecular weight excluding hydrogens is 532 g/mol. The largest absolute Gasteiger partial charge is 0.494 e. The Balaban J connectivity index is 1.72. The summed E-state index contributed by atoms with van der Waals surface area (Å²) >= 11 is 9.96. The molecule has 4 rings (SSSR count). The number of barbiturate groups is 1. The molecule has 3 aromatic rings. The van der Waals surface area contributed by atoms with Crippen molar-refractivity contribution < 1.29 is 19.1 Å². The number of ether oxygens (including phenoxy) is 1. The summed E-state index contributed by atoms with van der Waals surface area (Å²) in [4.78, 5) is 39.2. The third-order valence-electron chi connectivity index (χ3n) is 5.51. The van der Waals surface area contributed by atoms with Crippen LogP contribution in [0.3, 0.4) is 0 Å². The highest BCUT2D eigenvalue weighted by molar-refractivity contribution is 9.10. The summed E-state index contributed by atoms with van der Waals surface area (Å²) in [5, 5.41) is 2.90. The quantitative estimate of drug-likeness (QED) is 0.297. The summed E-state index contributed by atoms with van der Waals surface area (Å²) in [6, 6.07) is 17.3. The highest BCUT2D eigenvalue weighted by Gasteiger charge is 2.36. The number of urea groups is 1. The highest BCUT2D eigenvalue weighted by Crippen LogP contribution is 2.34. The molecule has 6 nitrogen and oxygen atoms in total. The molecule has 1 N–H and O–H groups in total. The van der Waals surface area contributed by atoms with Crippen molar-refractivity contribution >= 4 is 57.1 Å². The second kappa shape index (κ2) is 10.5. The molecule has 178 valence electrons. The predicted octanol–water partition coefficient (Wildman–Crippen LogP) is 6.07. The van der Waals surface area contributed by atoms with E-state index in [-0.39, 0.29) is 5.57 Å². The summed E-state index contributed by atoms with van der Waals surface area (Å²) in [6.07, 6.45) is 1.99. The van der Waals surface area contributed by atoms with Gasteiger partial charge in [-0.15, -0.1) is 0 Å². The van der Waals surface area contributed by atoms with Crippen molar-refractivity contribution in [3.63, 3.8) is 0 Å². The Labute approximate surface area is 216 Å². The van der Waals surface area contributed by atoms with E-state index < -0.39 is 17.8 Å². The zero-order valence-electron chi connectivity index (χ0n) is 19.1. The SMILES string of the molecule is CCOc1cc(/C=C2\C(=O)NC(=O)N(c3ccc(C)cc3)C2=O)cc(Br)c1Cc1ccccc1Cl. The Hall–Kier alpha value is -3.42. The molecule has 1 aliphatic heterocycles. The van der Waals surface area contributed by atoms with Gasteiger partial charge in [0.25, 0.3) is 11.8 Å². The lowest BCUT2D eigenvalue weighted by Gasteiger charge is -2.26. The third-order valence-corrected chi connectivity index (χ3v) is 6.58. The number of benzene rings is 3. The van der Waals surface area contributed by atoms with Gasteiger partial charge < -0.3 is 4.74 Å². The Morgan fingerprint density at radius 1 is 1.06 bits per heavy atom. The summed E-state index contributed by atoms with van der Waals surface area (Å²) in [5.74, 6) is -0.849. The molecule has 0 saturated carbocycles. The lowest BCUT2D eigenvalue weighted by Crippen LogP contribution is -2.54. The van der Waals surface area contributed by atoms with Crippen molar-refractivity contribution in [2.75, 3.05) is 11.5 Å². The molecule has 1 fully saturated rings. The molecule has 8 heteroatoms. The molecule has 0 bridgehead atoms. The fourth-order valence-electron chi connectivity index (χ4n) is 3.76. The van der Waals surface area contributed by atoms with Crippen LogP contribution < -0.4 is 15.0 Å². The van der Waals surface area contributed by atoms with Gasteiger partial charge in [0.2, 0.25) is 0 Å². The summed E-state index contributed by atoms with van der Waals surface area (Å²) in [7, 11) is 0. The van der Waals surface area contributed by atoms with Crippen LogP contribution in [0.25, 0.3) is 6.08 Å². The van der Waals surface area contributed by atoms with E-state index in [2.05, 4.69) is 21.2 Å². The van der Waals surface area contributed by atoms with E-state index in [0.717, 1.165) is 26.1 Å². The molecule has 3 aromatic carbocycles. The van der Waals surface area contributed by atoms with Gasteiger partial charge in [-0.1, -0.05) is 63.4 Å². The van der Waals surface area contributed by atoms with E-state index in [1.807, 2.05) is 38.1 Å². The minimum absolute atomic E-state index is 0.154. The van der Waals surface area contributed by atoms with Gasteiger partial charge in [-0.3, -0.25) is 14.9 Å². The molecule has 4 amide bonds. The van der Waals surface area contributed by atoms with Crippen LogP contribution in [0.15, 0.2) is 70.7 Å². The second-order valence-corrected chi connectivity index (χ2v) is 9.24. The highest BCUT2D eigenvalue weighted by atomic mass is 79.9. The number of rotatable bonds is 6. The fourth-order valence-corrected chi connectivity index (χ4v) is 4.56. The van der Waals surface area contributed by atoms with E-state index in [1.165, 1.54) is 6.08 Å². The van der Waals surface area contributed by atoms with E-state index in [1.54, 1.807) is 36.4 Å². The summed E-state index contributed by atoms with van der Waals surface area (Å²) in [5.41, 5.74) is 3.60. The number of aryl methyl sites for hydroxylation is 1. The molecule has 0 aliphatic carbocycles. The first kappa shape index (κ1) is 24.7. The standard InChI is InChI=1S/C27H22BrClN2O4/c1-3-35-24-14-17(13-22(28)20(24)15-18-6-4-5-7-23(18)29)12-21-25(32)30-27(34)31(26(21)33)19-10-8-16(2)9-11-19/h4-14H,3,15H2,1-2H3,(H,30,32,34)/b21-12+. The van der Waals surface area contributed by atoms with Gasteiger partial charge in [0.05, 0.1) is 12.3 Å².